The molecule has 3 nitrogen and oxygen atoms in total. The molecule has 0 N–H and O–H groups in total. The summed E-state index contributed by atoms with van der Waals surface area (Å²) >= 11 is 1.79. The van der Waals surface area contributed by atoms with E-state index in [1.807, 2.05) is 0 Å². The summed E-state index contributed by atoms with van der Waals surface area (Å²) in [5, 5.41) is 6.21. The lowest BCUT2D eigenvalue weighted by Crippen LogP contribution is -2.34. The zero-order valence-corrected chi connectivity index (χ0v) is 28.9. The Morgan fingerprint density at radius 3 is 1.66 bits per heavy atom. The van der Waals surface area contributed by atoms with Gasteiger partial charge in [0.15, 0.2) is 0 Å². The number of hydrogen-bond donors (Lipinski definition) is 0. The van der Waals surface area contributed by atoms with Gasteiger partial charge in [0, 0.05) is 72.7 Å². The van der Waals surface area contributed by atoms with Gasteiger partial charge < -0.3 is 9.13 Å². The molecule has 0 spiro atoms. The Kier molecular flexibility index (Phi) is 6.59. The third-order valence-electron chi connectivity index (χ3n) is 10.9. The van der Waals surface area contributed by atoms with E-state index in [0.717, 1.165) is 29.4 Å². The lowest BCUT2D eigenvalue weighted by molar-refractivity contribution is 0.692. The van der Waals surface area contributed by atoms with Crippen LogP contribution in [0.25, 0.3) is 54.9 Å². The molecule has 3 aromatic heterocycles. The standard InChI is InChI=1S/C46H35N3S/c1-3-48-40-19-11-8-16-33(40)35-28-31(22-26-42(35)48)46(32-23-27-43-36(29-32)34-17-9-12-20-41(34)49(43)4-2)37-18-10-13-21-44(37)50-45-38(46)24-25-39(47-45)30-14-6-5-7-15-30/h5-29H,3-4H2,1-2H3. The van der Waals surface area contributed by atoms with Crippen molar-refractivity contribution in [1.29, 1.82) is 0 Å². The van der Waals surface area contributed by atoms with E-state index in [-0.39, 0.29) is 0 Å². The Balaban J connectivity index is 1.35. The highest BCUT2D eigenvalue weighted by Crippen LogP contribution is 2.56. The summed E-state index contributed by atoms with van der Waals surface area (Å²) in [6.07, 6.45) is 0. The maximum Gasteiger partial charge on any atom is 0.106 e. The van der Waals surface area contributed by atoms with Crippen LogP contribution in [0, 0.1) is 0 Å². The van der Waals surface area contributed by atoms with Crippen molar-refractivity contribution >= 4 is 55.4 Å². The Morgan fingerprint density at radius 1 is 0.500 bits per heavy atom. The Hall–Kier alpha value is -5.58. The van der Waals surface area contributed by atoms with Crippen LogP contribution in [0.15, 0.2) is 162 Å². The van der Waals surface area contributed by atoms with Crippen LogP contribution in [0.5, 0.6) is 0 Å². The van der Waals surface area contributed by atoms with Crippen LogP contribution in [-0.2, 0) is 18.5 Å². The first-order valence-corrected chi connectivity index (χ1v) is 18.4. The minimum absolute atomic E-state index is 0.605. The number of nitrogens with zero attached hydrogens (tertiary/aromatic N) is 3. The fraction of sp³-hybridized carbons (Fsp3) is 0.109. The SMILES string of the molecule is CCn1c2ccccc2c2cc(C3(c4ccc5c(c4)c4ccccc4n5CC)c4ccccc4Sc4nc(-c5ccccc5)ccc43)ccc21. The first kappa shape index (κ1) is 29.3. The number of fused-ring (bicyclic) bond motifs is 8. The van der Waals surface area contributed by atoms with Crippen molar-refractivity contribution in [1.82, 2.24) is 14.1 Å². The Labute approximate surface area is 295 Å². The highest BCUT2D eigenvalue weighted by atomic mass is 32.2. The lowest BCUT2D eigenvalue weighted by Gasteiger charge is -2.41. The van der Waals surface area contributed by atoms with Crippen molar-refractivity contribution < 1.29 is 0 Å². The summed E-state index contributed by atoms with van der Waals surface area (Å²) in [5.74, 6) is 0. The monoisotopic (exact) mass is 661 g/mol. The van der Waals surface area contributed by atoms with Crippen LogP contribution in [0.4, 0.5) is 0 Å². The van der Waals surface area contributed by atoms with Gasteiger partial charge in [-0.15, -0.1) is 0 Å². The van der Waals surface area contributed by atoms with Gasteiger partial charge in [-0.3, -0.25) is 0 Å². The maximum atomic E-state index is 5.44. The van der Waals surface area contributed by atoms with E-state index in [9.17, 15) is 0 Å². The molecule has 4 heterocycles. The molecule has 0 aliphatic carbocycles. The van der Waals surface area contributed by atoms with Crippen molar-refractivity contribution in [2.24, 2.45) is 0 Å². The molecule has 0 saturated heterocycles. The topological polar surface area (TPSA) is 22.8 Å². The first-order chi connectivity index (χ1) is 24.7. The van der Waals surface area contributed by atoms with Gasteiger partial charge in [-0.1, -0.05) is 115 Å². The molecule has 0 bridgehead atoms. The molecule has 0 saturated carbocycles. The summed E-state index contributed by atoms with van der Waals surface area (Å²) in [6, 6.07) is 56.2. The van der Waals surface area contributed by atoms with Crippen LogP contribution < -0.4 is 0 Å². The lowest BCUT2D eigenvalue weighted by atomic mass is 9.65. The molecular formula is C46H35N3S. The molecule has 10 rings (SSSR count). The van der Waals surface area contributed by atoms with E-state index >= 15 is 0 Å². The van der Waals surface area contributed by atoms with Gasteiger partial charge in [-0.2, -0.15) is 0 Å². The van der Waals surface area contributed by atoms with Gasteiger partial charge in [-0.25, -0.2) is 4.98 Å². The maximum absolute atomic E-state index is 5.44. The second-order valence-electron chi connectivity index (χ2n) is 13.3. The van der Waals surface area contributed by atoms with Crippen molar-refractivity contribution in [3.8, 4) is 11.3 Å². The predicted octanol–water partition coefficient (Wildman–Crippen LogP) is 11.9. The summed E-state index contributed by atoms with van der Waals surface area (Å²) in [7, 11) is 0. The van der Waals surface area contributed by atoms with E-state index in [1.54, 1.807) is 11.8 Å². The molecule has 9 aromatic rings. The smallest absolute Gasteiger partial charge is 0.106 e. The molecule has 240 valence electrons. The molecule has 6 aromatic carbocycles. The second kappa shape index (κ2) is 11.2. The molecule has 1 aliphatic heterocycles. The fourth-order valence-corrected chi connectivity index (χ4v) is 9.89. The highest BCUT2D eigenvalue weighted by Gasteiger charge is 2.45. The Bertz CT molecular complexity index is 2650. The van der Waals surface area contributed by atoms with Crippen molar-refractivity contribution in [3.05, 3.63) is 174 Å². The van der Waals surface area contributed by atoms with Gasteiger partial charge in [-0.05, 0) is 79.1 Å². The molecule has 4 heteroatoms. The molecule has 50 heavy (non-hydrogen) atoms. The average Bonchev–Trinajstić information content (AvgIpc) is 3.68. The first-order valence-electron chi connectivity index (χ1n) is 17.6. The third-order valence-corrected chi connectivity index (χ3v) is 12.0. The summed E-state index contributed by atoms with van der Waals surface area (Å²) in [4.78, 5) is 6.68. The minimum atomic E-state index is -0.605. The van der Waals surface area contributed by atoms with E-state index in [1.165, 1.54) is 70.8 Å². The molecule has 0 unspecified atom stereocenters. The third kappa shape index (κ3) is 4.03. The molecule has 0 fully saturated rings. The normalized spacial score (nSPS) is 13.6. The zero-order chi connectivity index (χ0) is 33.4. The molecule has 1 aliphatic rings. The van der Waals surface area contributed by atoms with Crippen LogP contribution >= 0.6 is 11.8 Å². The number of pyridine rings is 1. The highest BCUT2D eigenvalue weighted by molar-refractivity contribution is 7.99. The van der Waals surface area contributed by atoms with E-state index < -0.39 is 5.41 Å². The number of aryl methyl sites for hydroxylation is 2. The van der Waals surface area contributed by atoms with Gasteiger partial charge >= 0.3 is 0 Å². The van der Waals surface area contributed by atoms with Gasteiger partial charge in [0.25, 0.3) is 0 Å². The molecule has 0 radical (unpaired) electrons. The number of benzene rings is 6. The van der Waals surface area contributed by atoms with Crippen LogP contribution in [-0.4, -0.2) is 14.1 Å². The fourth-order valence-electron chi connectivity index (χ4n) is 8.73. The van der Waals surface area contributed by atoms with Crippen LogP contribution in [0.3, 0.4) is 0 Å². The number of hydrogen-bond acceptors (Lipinski definition) is 2. The summed E-state index contributed by atoms with van der Waals surface area (Å²) in [6.45, 7) is 6.32. The van der Waals surface area contributed by atoms with E-state index in [2.05, 4.69) is 175 Å². The predicted molar refractivity (Wildman–Crippen MR) is 209 cm³/mol. The van der Waals surface area contributed by atoms with Crippen LogP contribution in [0.2, 0.25) is 0 Å². The van der Waals surface area contributed by atoms with Crippen molar-refractivity contribution in [3.63, 3.8) is 0 Å². The summed E-state index contributed by atoms with van der Waals surface area (Å²) in [5.41, 5.74) is 11.6. The van der Waals surface area contributed by atoms with Crippen molar-refractivity contribution in [2.75, 3.05) is 0 Å². The molecular weight excluding hydrogens is 627 g/mol. The van der Waals surface area contributed by atoms with Gasteiger partial charge in [0.2, 0.25) is 0 Å². The van der Waals surface area contributed by atoms with Crippen molar-refractivity contribution in [2.45, 2.75) is 42.3 Å². The number of aromatic nitrogens is 3. The number of para-hydroxylation sites is 2. The Morgan fingerprint density at radius 2 is 1.04 bits per heavy atom. The van der Waals surface area contributed by atoms with E-state index in [4.69, 9.17) is 4.98 Å². The number of rotatable bonds is 5. The summed E-state index contributed by atoms with van der Waals surface area (Å²) < 4.78 is 4.89. The molecule has 0 atom stereocenters. The van der Waals surface area contributed by atoms with Gasteiger partial charge in [0.05, 0.1) is 11.1 Å². The second-order valence-corrected chi connectivity index (χ2v) is 14.3. The largest absolute Gasteiger partial charge is 0.341 e. The quantitative estimate of drug-likeness (QED) is 0.183. The molecule has 0 amide bonds. The average molecular weight is 662 g/mol. The minimum Gasteiger partial charge on any atom is -0.341 e. The van der Waals surface area contributed by atoms with E-state index in [0.29, 0.717) is 0 Å². The van der Waals surface area contributed by atoms with Crippen LogP contribution in [0.1, 0.15) is 36.1 Å². The zero-order valence-electron chi connectivity index (χ0n) is 28.1. The van der Waals surface area contributed by atoms with Gasteiger partial charge in [0.1, 0.15) is 5.03 Å².